The molecule has 0 saturated carbocycles. The molecule has 0 saturated heterocycles. The summed E-state index contributed by atoms with van der Waals surface area (Å²) in [6.07, 6.45) is 0.0640. The molecule has 0 aromatic heterocycles. The number of carbonyl (C=O) groups is 2. The Labute approximate surface area is 113 Å². The van der Waals surface area contributed by atoms with Crippen molar-refractivity contribution >= 4 is 27.9 Å². The van der Waals surface area contributed by atoms with E-state index in [9.17, 15) is 9.59 Å². The number of methoxy groups -OCH3 is 1. The molecule has 98 valence electrons. The van der Waals surface area contributed by atoms with E-state index in [4.69, 9.17) is 9.84 Å². The van der Waals surface area contributed by atoms with Crippen molar-refractivity contribution in [1.29, 1.82) is 0 Å². The highest BCUT2D eigenvalue weighted by molar-refractivity contribution is 9.10. The van der Waals surface area contributed by atoms with E-state index in [1.54, 1.807) is 18.2 Å². The molecule has 1 aromatic rings. The third kappa shape index (κ3) is 4.37. The minimum atomic E-state index is -1.21. The molecular formula is C12H13BrO5. The first kappa shape index (κ1) is 14.5. The third-order valence-corrected chi connectivity index (χ3v) is 2.75. The van der Waals surface area contributed by atoms with Crippen LogP contribution in [0.5, 0.6) is 5.75 Å². The number of hydrogen-bond acceptors (Lipinski definition) is 4. The number of esters is 1. The van der Waals surface area contributed by atoms with E-state index in [0.29, 0.717) is 5.75 Å². The van der Waals surface area contributed by atoms with E-state index < -0.39 is 17.9 Å². The maximum atomic E-state index is 11.2. The van der Waals surface area contributed by atoms with Crippen LogP contribution < -0.4 is 4.74 Å². The van der Waals surface area contributed by atoms with Crippen LogP contribution in [0.1, 0.15) is 6.42 Å². The molecule has 1 N–H and O–H groups in total. The van der Waals surface area contributed by atoms with Crippen molar-refractivity contribution in [3.63, 3.8) is 0 Å². The number of ether oxygens (including phenoxy) is 2. The fourth-order valence-electron chi connectivity index (χ4n) is 1.34. The largest absolute Gasteiger partial charge is 0.494 e. The smallest absolute Gasteiger partial charge is 0.320 e. The van der Waals surface area contributed by atoms with Gasteiger partial charge in [-0.3, -0.25) is 9.59 Å². The molecule has 0 fully saturated rings. The second kappa shape index (κ2) is 7.00. The van der Waals surface area contributed by atoms with Crippen LogP contribution in [0, 0.1) is 5.92 Å². The molecule has 0 radical (unpaired) electrons. The van der Waals surface area contributed by atoms with E-state index >= 15 is 0 Å². The van der Waals surface area contributed by atoms with Crippen LogP contribution >= 0.6 is 15.9 Å². The highest BCUT2D eigenvalue weighted by atomic mass is 79.9. The quantitative estimate of drug-likeness (QED) is 0.642. The molecule has 0 bridgehead atoms. The molecule has 1 rings (SSSR count). The van der Waals surface area contributed by atoms with Crippen molar-refractivity contribution in [1.82, 2.24) is 0 Å². The molecule has 1 atom stereocenters. The van der Waals surface area contributed by atoms with Gasteiger partial charge in [-0.2, -0.15) is 0 Å². The summed E-state index contributed by atoms with van der Waals surface area (Å²) in [4.78, 5) is 22.0. The number of halogens is 1. The van der Waals surface area contributed by atoms with E-state index in [0.717, 1.165) is 11.6 Å². The van der Waals surface area contributed by atoms with Crippen LogP contribution in [0.15, 0.2) is 28.7 Å². The zero-order valence-corrected chi connectivity index (χ0v) is 11.3. The van der Waals surface area contributed by atoms with Gasteiger partial charge in [-0.25, -0.2) is 0 Å². The predicted molar refractivity (Wildman–Crippen MR) is 67.4 cm³/mol. The molecule has 18 heavy (non-hydrogen) atoms. The summed E-state index contributed by atoms with van der Waals surface area (Å²) in [6, 6.07) is 7.16. The number of rotatable bonds is 6. The summed E-state index contributed by atoms with van der Waals surface area (Å²) in [5, 5.41) is 8.85. The molecule has 0 amide bonds. The maximum absolute atomic E-state index is 11.2. The van der Waals surface area contributed by atoms with Gasteiger partial charge in [-0.1, -0.05) is 22.0 Å². The zero-order valence-electron chi connectivity index (χ0n) is 9.76. The summed E-state index contributed by atoms with van der Waals surface area (Å²) >= 11 is 3.29. The predicted octanol–water partition coefficient (Wildman–Crippen LogP) is 2.09. The molecule has 1 aromatic carbocycles. The monoisotopic (exact) mass is 316 g/mol. The Morgan fingerprint density at radius 3 is 2.72 bits per heavy atom. The lowest BCUT2D eigenvalue weighted by Gasteiger charge is -2.11. The number of aliphatic carboxylic acids is 1. The molecule has 5 nitrogen and oxygen atoms in total. The summed E-state index contributed by atoms with van der Waals surface area (Å²) in [5.41, 5.74) is 0. The van der Waals surface area contributed by atoms with Gasteiger partial charge in [0, 0.05) is 10.9 Å². The Balaban J connectivity index is 2.49. The summed E-state index contributed by atoms with van der Waals surface area (Å²) in [6.45, 7) is 0.128. The van der Waals surface area contributed by atoms with Crippen molar-refractivity contribution in [3.8, 4) is 5.75 Å². The number of benzene rings is 1. The Morgan fingerprint density at radius 2 is 2.17 bits per heavy atom. The van der Waals surface area contributed by atoms with Gasteiger partial charge < -0.3 is 14.6 Å². The SMILES string of the molecule is COC(=O)C(CCOc1cccc(Br)c1)C(=O)O. The van der Waals surface area contributed by atoms with Gasteiger partial charge in [-0.05, 0) is 18.2 Å². The zero-order chi connectivity index (χ0) is 13.5. The van der Waals surface area contributed by atoms with Gasteiger partial charge >= 0.3 is 11.9 Å². The first-order valence-electron chi connectivity index (χ1n) is 5.23. The number of hydrogen-bond donors (Lipinski definition) is 1. The van der Waals surface area contributed by atoms with Crippen molar-refractivity contribution in [2.45, 2.75) is 6.42 Å². The minimum Gasteiger partial charge on any atom is -0.494 e. The average molecular weight is 317 g/mol. The highest BCUT2D eigenvalue weighted by Crippen LogP contribution is 2.18. The van der Waals surface area contributed by atoms with Gasteiger partial charge in [-0.15, -0.1) is 0 Å². The summed E-state index contributed by atoms with van der Waals surface area (Å²) < 4.78 is 10.6. The Bertz CT molecular complexity index is 432. The molecule has 0 aliphatic rings. The van der Waals surface area contributed by atoms with Gasteiger partial charge in [0.25, 0.3) is 0 Å². The van der Waals surface area contributed by atoms with Gasteiger partial charge in [0.2, 0.25) is 0 Å². The first-order valence-corrected chi connectivity index (χ1v) is 6.03. The second-order valence-electron chi connectivity index (χ2n) is 3.51. The second-order valence-corrected chi connectivity index (χ2v) is 4.42. The molecule has 1 unspecified atom stereocenters. The molecular weight excluding hydrogens is 304 g/mol. The van der Waals surface area contributed by atoms with E-state index in [1.165, 1.54) is 0 Å². The number of carboxylic acid groups (broad SMARTS) is 1. The van der Waals surface area contributed by atoms with Crippen molar-refractivity contribution < 1.29 is 24.2 Å². The average Bonchev–Trinajstić information content (AvgIpc) is 2.33. The van der Waals surface area contributed by atoms with Crippen LogP contribution in [0.4, 0.5) is 0 Å². The van der Waals surface area contributed by atoms with Crippen molar-refractivity contribution in [2.75, 3.05) is 13.7 Å². The standard InChI is InChI=1S/C12H13BrO5/c1-17-12(16)10(11(14)15)5-6-18-9-4-2-3-8(13)7-9/h2-4,7,10H,5-6H2,1H3,(H,14,15). The summed E-state index contributed by atoms with van der Waals surface area (Å²) in [5.74, 6) is -2.56. The van der Waals surface area contributed by atoms with Crippen LogP contribution in [0.25, 0.3) is 0 Å². The minimum absolute atomic E-state index is 0.0640. The first-order chi connectivity index (χ1) is 8.54. The molecule has 0 heterocycles. The topological polar surface area (TPSA) is 72.8 Å². The van der Waals surface area contributed by atoms with Crippen molar-refractivity contribution in [3.05, 3.63) is 28.7 Å². The third-order valence-electron chi connectivity index (χ3n) is 2.26. The van der Waals surface area contributed by atoms with Gasteiger partial charge in [0.05, 0.1) is 13.7 Å². The fourth-order valence-corrected chi connectivity index (χ4v) is 1.71. The lowest BCUT2D eigenvalue weighted by atomic mass is 10.1. The molecule has 0 aliphatic carbocycles. The maximum Gasteiger partial charge on any atom is 0.320 e. The van der Waals surface area contributed by atoms with E-state index in [-0.39, 0.29) is 13.0 Å². The van der Waals surface area contributed by atoms with Crippen LogP contribution in [0.2, 0.25) is 0 Å². The van der Waals surface area contributed by atoms with E-state index in [2.05, 4.69) is 20.7 Å². The molecule has 6 heteroatoms. The van der Waals surface area contributed by atoms with Crippen molar-refractivity contribution in [2.24, 2.45) is 5.92 Å². The van der Waals surface area contributed by atoms with Crippen LogP contribution in [-0.2, 0) is 14.3 Å². The number of carbonyl (C=O) groups excluding carboxylic acids is 1. The van der Waals surface area contributed by atoms with Crippen LogP contribution in [-0.4, -0.2) is 30.8 Å². The molecule has 0 spiro atoms. The van der Waals surface area contributed by atoms with Gasteiger partial charge in [0.1, 0.15) is 5.75 Å². The van der Waals surface area contributed by atoms with E-state index in [1.807, 2.05) is 6.07 Å². The normalized spacial score (nSPS) is 11.7. The van der Waals surface area contributed by atoms with Gasteiger partial charge in [0.15, 0.2) is 5.92 Å². The highest BCUT2D eigenvalue weighted by Gasteiger charge is 2.26. The summed E-state index contributed by atoms with van der Waals surface area (Å²) in [7, 11) is 1.16. The lowest BCUT2D eigenvalue weighted by molar-refractivity contribution is -0.157. The van der Waals surface area contributed by atoms with Crippen LogP contribution in [0.3, 0.4) is 0 Å². The molecule has 0 aliphatic heterocycles. The lowest BCUT2D eigenvalue weighted by Crippen LogP contribution is -2.26. The Hall–Kier alpha value is -1.56. The Morgan fingerprint density at radius 1 is 1.44 bits per heavy atom. The Kier molecular flexibility index (Phi) is 5.64. The fraction of sp³-hybridized carbons (Fsp3) is 0.333. The number of carboxylic acids is 1.